The van der Waals surface area contributed by atoms with E-state index >= 15 is 0 Å². The van der Waals surface area contributed by atoms with E-state index in [1.165, 1.54) is 48.6 Å². The van der Waals surface area contributed by atoms with Gasteiger partial charge in [-0.3, -0.25) is 9.11 Å². The lowest BCUT2D eigenvalue weighted by atomic mass is 10.1. The third-order valence-corrected chi connectivity index (χ3v) is 7.48. The number of rotatable bonds is 10. The van der Waals surface area contributed by atoms with E-state index in [2.05, 4.69) is 25.6 Å². The van der Waals surface area contributed by atoms with Crippen molar-refractivity contribution < 1.29 is 31.0 Å². The number of aliphatic hydroxyl groups excluding tert-OH is 1. The first-order chi connectivity index (χ1) is 19.3. The minimum Gasteiger partial charge on any atom is -0.397 e. The molecule has 1 atom stereocenters. The van der Waals surface area contributed by atoms with Crippen LogP contribution in [0.3, 0.4) is 0 Å². The number of para-hydroxylation sites is 1. The lowest BCUT2D eigenvalue weighted by Crippen LogP contribution is -2.18. The number of aliphatic hydroxyl groups is 1. The number of hydrogen-bond acceptors (Lipinski definition) is 11. The van der Waals surface area contributed by atoms with E-state index in [0.29, 0.717) is 5.69 Å². The van der Waals surface area contributed by atoms with Crippen LogP contribution in [0.2, 0.25) is 0 Å². The van der Waals surface area contributed by atoms with E-state index in [1.54, 1.807) is 31.2 Å². The summed E-state index contributed by atoms with van der Waals surface area (Å²) >= 11 is 0. The summed E-state index contributed by atoms with van der Waals surface area (Å²) in [5, 5.41) is 15.6. The number of aromatic nitrogens is 3. The molecule has 41 heavy (non-hydrogen) atoms. The predicted molar refractivity (Wildman–Crippen MR) is 155 cm³/mol. The van der Waals surface area contributed by atoms with Crippen LogP contribution in [0, 0.1) is 0 Å². The van der Waals surface area contributed by atoms with Crippen LogP contribution in [0.1, 0.15) is 18.1 Å². The van der Waals surface area contributed by atoms with Crippen molar-refractivity contribution in [1.29, 1.82) is 0 Å². The molecule has 214 valence electrons. The summed E-state index contributed by atoms with van der Waals surface area (Å²) < 4.78 is 67.9. The van der Waals surface area contributed by atoms with Crippen molar-refractivity contribution in [2.75, 3.05) is 22.9 Å². The number of nitrogens with zero attached hydrogens (tertiary/aromatic N) is 3. The molecule has 7 N–H and O–H groups in total. The van der Waals surface area contributed by atoms with Crippen LogP contribution in [0.15, 0.2) is 76.5 Å². The van der Waals surface area contributed by atoms with Gasteiger partial charge in [-0.25, -0.2) is 0 Å². The van der Waals surface area contributed by atoms with E-state index < -0.39 is 36.1 Å². The van der Waals surface area contributed by atoms with Crippen LogP contribution in [0.4, 0.5) is 23.3 Å². The molecular weight excluding hydrogens is 572 g/mol. The molecule has 0 amide bonds. The molecular formula is C26H26N6O7S2. The van der Waals surface area contributed by atoms with Crippen molar-refractivity contribution in [1.82, 2.24) is 15.0 Å². The van der Waals surface area contributed by atoms with E-state index in [0.717, 1.165) is 0 Å². The zero-order valence-corrected chi connectivity index (χ0v) is 23.1. The van der Waals surface area contributed by atoms with Crippen LogP contribution < -0.4 is 16.4 Å². The molecule has 1 heterocycles. The van der Waals surface area contributed by atoms with Crippen molar-refractivity contribution in [2.45, 2.75) is 22.8 Å². The average molecular weight is 599 g/mol. The maximum Gasteiger partial charge on any atom is 0.297 e. The molecule has 0 radical (unpaired) electrons. The first-order valence-electron chi connectivity index (χ1n) is 12.0. The van der Waals surface area contributed by atoms with Crippen LogP contribution in [0.25, 0.3) is 23.5 Å². The van der Waals surface area contributed by atoms with E-state index in [9.17, 15) is 31.0 Å². The van der Waals surface area contributed by atoms with Crippen molar-refractivity contribution in [3.8, 4) is 11.4 Å². The van der Waals surface area contributed by atoms with E-state index in [4.69, 9.17) is 5.73 Å². The highest BCUT2D eigenvalue weighted by Crippen LogP contribution is 2.34. The first kappa shape index (κ1) is 29.6. The van der Waals surface area contributed by atoms with Gasteiger partial charge in [-0.15, -0.1) is 0 Å². The number of nitrogens with one attached hydrogen (secondary N) is 2. The highest BCUT2D eigenvalue weighted by molar-refractivity contribution is 7.86. The van der Waals surface area contributed by atoms with Crippen molar-refractivity contribution >= 4 is 55.7 Å². The second kappa shape index (κ2) is 12.0. The maximum absolute atomic E-state index is 12.4. The Balaban J connectivity index is 1.83. The summed E-state index contributed by atoms with van der Waals surface area (Å²) in [4.78, 5) is 11.9. The molecule has 0 aliphatic carbocycles. The summed E-state index contributed by atoms with van der Waals surface area (Å²) in [5.41, 5.74) is 6.58. The molecule has 3 aromatic carbocycles. The van der Waals surface area contributed by atoms with Gasteiger partial charge >= 0.3 is 0 Å². The van der Waals surface area contributed by atoms with Gasteiger partial charge in [0.1, 0.15) is 9.79 Å². The summed E-state index contributed by atoms with van der Waals surface area (Å²) in [6.07, 6.45) is 1.77. The summed E-state index contributed by atoms with van der Waals surface area (Å²) in [6.45, 7) is 1.67. The quantitative estimate of drug-likeness (QED) is 0.0878. The van der Waals surface area contributed by atoms with Gasteiger partial charge in [-0.2, -0.15) is 31.8 Å². The van der Waals surface area contributed by atoms with Gasteiger partial charge in [-0.1, -0.05) is 54.6 Å². The Labute approximate surface area is 236 Å². The van der Waals surface area contributed by atoms with Crippen molar-refractivity contribution in [3.63, 3.8) is 0 Å². The summed E-state index contributed by atoms with van der Waals surface area (Å²) in [6, 6.07) is 17.3. The van der Waals surface area contributed by atoms with Gasteiger partial charge in [0.15, 0.2) is 5.82 Å². The standard InChI is InChI=1S/C26H26N6O7S2/c1-16(33)15-28-25-30-24(31-26(32-25)29-19-8-3-2-4-9-19)20-14-13-18(23(22(20)27)41(37,38)39)12-11-17-7-5-6-10-21(17)40(34,35)36/h2-14,16,33H,15,27H2,1H3,(H,34,35,36)(H,37,38,39)(H2,28,29,30,31,32). The second-order valence-electron chi connectivity index (χ2n) is 8.79. The molecule has 1 unspecified atom stereocenters. The fourth-order valence-corrected chi connectivity index (χ4v) is 5.29. The Hall–Kier alpha value is -4.41. The number of nitrogens with two attached hydrogens (primary N) is 1. The molecule has 0 aliphatic heterocycles. The molecule has 0 saturated heterocycles. The highest BCUT2D eigenvalue weighted by atomic mass is 32.2. The van der Waals surface area contributed by atoms with Gasteiger partial charge in [0, 0.05) is 17.8 Å². The van der Waals surface area contributed by atoms with Gasteiger partial charge < -0.3 is 21.5 Å². The lowest BCUT2D eigenvalue weighted by molar-refractivity contribution is 0.208. The van der Waals surface area contributed by atoms with Crippen LogP contribution in [-0.4, -0.2) is 58.6 Å². The second-order valence-corrected chi connectivity index (χ2v) is 11.5. The summed E-state index contributed by atoms with van der Waals surface area (Å²) in [7, 11) is -9.47. The third-order valence-electron chi connectivity index (χ3n) is 5.59. The topological polar surface area (TPSA) is 218 Å². The lowest BCUT2D eigenvalue weighted by Gasteiger charge is -2.14. The van der Waals surface area contributed by atoms with Gasteiger partial charge in [0.05, 0.1) is 11.8 Å². The average Bonchev–Trinajstić information content (AvgIpc) is 2.90. The Morgan fingerprint density at radius 1 is 0.829 bits per heavy atom. The van der Waals surface area contributed by atoms with Crippen molar-refractivity contribution in [3.05, 3.63) is 77.9 Å². The van der Waals surface area contributed by atoms with Gasteiger partial charge in [-0.05, 0) is 42.3 Å². The zero-order valence-electron chi connectivity index (χ0n) is 21.5. The molecule has 0 aliphatic rings. The Morgan fingerprint density at radius 2 is 1.46 bits per heavy atom. The molecule has 15 heteroatoms. The first-order valence-corrected chi connectivity index (χ1v) is 14.9. The fourth-order valence-electron chi connectivity index (χ4n) is 3.78. The fraction of sp³-hybridized carbons (Fsp3) is 0.115. The smallest absolute Gasteiger partial charge is 0.297 e. The monoisotopic (exact) mass is 598 g/mol. The third kappa shape index (κ3) is 7.41. The molecule has 1 aromatic heterocycles. The largest absolute Gasteiger partial charge is 0.397 e. The zero-order chi connectivity index (χ0) is 29.8. The molecule has 0 bridgehead atoms. The SMILES string of the molecule is CC(O)CNc1nc(Nc2ccccc2)nc(-c2ccc(C=Cc3ccccc3S(=O)(=O)O)c(S(=O)(=O)O)c2N)n1. The Morgan fingerprint density at radius 3 is 2.12 bits per heavy atom. The minimum absolute atomic E-state index is 0.0406. The highest BCUT2D eigenvalue weighted by Gasteiger charge is 2.23. The van der Waals surface area contributed by atoms with Crippen LogP contribution in [0.5, 0.6) is 0 Å². The maximum atomic E-state index is 12.4. The minimum atomic E-state index is -4.91. The van der Waals surface area contributed by atoms with Gasteiger partial charge in [0.2, 0.25) is 11.9 Å². The number of nitrogen functional groups attached to an aromatic ring is 1. The van der Waals surface area contributed by atoms with Crippen LogP contribution >= 0.6 is 0 Å². The van der Waals surface area contributed by atoms with Gasteiger partial charge in [0.25, 0.3) is 20.2 Å². The van der Waals surface area contributed by atoms with Crippen LogP contribution in [-0.2, 0) is 20.2 Å². The molecule has 0 fully saturated rings. The van der Waals surface area contributed by atoms with E-state index in [-0.39, 0.29) is 46.6 Å². The molecule has 4 aromatic rings. The molecule has 0 spiro atoms. The molecule has 0 saturated carbocycles. The predicted octanol–water partition coefficient (Wildman–Crippen LogP) is 3.32. The molecule has 4 rings (SSSR count). The van der Waals surface area contributed by atoms with Crippen molar-refractivity contribution in [2.24, 2.45) is 0 Å². The Kier molecular flexibility index (Phi) is 8.65. The Bertz CT molecular complexity index is 1810. The normalized spacial score (nSPS) is 12.8. The number of benzene rings is 3. The van der Waals surface area contributed by atoms with E-state index in [1.807, 2.05) is 6.07 Å². The number of anilines is 4. The molecule has 13 nitrogen and oxygen atoms in total. The number of hydrogen-bond donors (Lipinski definition) is 6. The summed E-state index contributed by atoms with van der Waals surface area (Å²) in [5.74, 6) is 0.113.